The van der Waals surface area contributed by atoms with Crippen LogP contribution in [0.5, 0.6) is 5.75 Å². The van der Waals surface area contributed by atoms with Crippen molar-refractivity contribution in [2.24, 2.45) is 10.8 Å². The molecule has 0 spiro atoms. The molecule has 2 N–H and O–H groups in total. The predicted molar refractivity (Wildman–Crippen MR) is 136 cm³/mol. The van der Waals surface area contributed by atoms with Crippen LogP contribution in [-0.2, 0) is 16.1 Å². The van der Waals surface area contributed by atoms with Crippen LogP contribution in [0.15, 0.2) is 24.3 Å². The predicted octanol–water partition coefficient (Wildman–Crippen LogP) is 6.18. The van der Waals surface area contributed by atoms with Crippen molar-refractivity contribution in [2.45, 2.75) is 66.5 Å². The van der Waals surface area contributed by atoms with Gasteiger partial charge in [0.05, 0.1) is 4.88 Å². The number of amides is 1. The van der Waals surface area contributed by atoms with Gasteiger partial charge in [-0.3, -0.25) is 4.79 Å². The third kappa shape index (κ3) is 6.55. The average molecular weight is 522 g/mol. The molecule has 190 valence electrons. The minimum absolute atomic E-state index is 0.0144. The van der Waals surface area contributed by atoms with E-state index in [1.54, 1.807) is 13.0 Å². The molecule has 0 bridgehead atoms. The van der Waals surface area contributed by atoms with Gasteiger partial charge in [-0.25, -0.2) is 9.59 Å². The summed E-state index contributed by atoms with van der Waals surface area (Å²) in [6.07, 6.45) is 2.96. The van der Waals surface area contributed by atoms with Crippen molar-refractivity contribution in [3.05, 3.63) is 39.7 Å². The van der Waals surface area contributed by atoms with Gasteiger partial charge in [-0.1, -0.05) is 57.5 Å². The fraction of sp³-hybridized carbons (Fsp3) is 0.500. The SMILES string of the molecule is CC(=O)N(Cc1cccc(-c2sc(C(=O)O)c(OCC(=O)O)c2Cl)c1)C1CC(C)(C)CC(C)(C)C1. The molecule has 0 aliphatic heterocycles. The smallest absolute Gasteiger partial charge is 0.349 e. The number of benzene rings is 1. The molecular formula is C26H32ClNO6S. The summed E-state index contributed by atoms with van der Waals surface area (Å²) in [6.45, 7) is 10.3. The Morgan fingerprint density at radius 2 is 1.77 bits per heavy atom. The fourth-order valence-corrected chi connectivity index (χ4v) is 6.90. The van der Waals surface area contributed by atoms with Gasteiger partial charge in [0.1, 0.15) is 5.02 Å². The van der Waals surface area contributed by atoms with Crippen LogP contribution >= 0.6 is 22.9 Å². The number of carboxylic acids is 2. The van der Waals surface area contributed by atoms with Crippen molar-refractivity contribution in [2.75, 3.05) is 6.61 Å². The maximum Gasteiger partial charge on any atom is 0.349 e. The van der Waals surface area contributed by atoms with Crippen LogP contribution in [0.4, 0.5) is 0 Å². The van der Waals surface area contributed by atoms with E-state index in [2.05, 4.69) is 27.7 Å². The Hall–Kier alpha value is -2.58. The van der Waals surface area contributed by atoms with Gasteiger partial charge in [0.15, 0.2) is 17.2 Å². The summed E-state index contributed by atoms with van der Waals surface area (Å²) in [5.74, 6) is -2.61. The highest BCUT2D eigenvalue weighted by Gasteiger charge is 2.41. The minimum atomic E-state index is -1.25. The number of nitrogens with zero attached hydrogens (tertiary/aromatic N) is 1. The Balaban J connectivity index is 1.92. The zero-order valence-corrected chi connectivity index (χ0v) is 22.3. The molecule has 0 radical (unpaired) electrons. The van der Waals surface area contributed by atoms with E-state index in [0.717, 1.165) is 36.2 Å². The van der Waals surface area contributed by atoms with E-state index >= 15 is 0 Å². The second-order valence-corrected chi connectivity index (χ2v) is 12.2. The van der Waals surface area contributed by atoms with Crippen LogP contribution in [0, 0.1) is 10.8 Å². The van der Waals surface area contributed by atoms with E-state index in [0.29, 0.717) is 17.0 Å². The number of ether oxygens (including phenoxy) is 1. The maximum atomic E-state index is 12.7. The first-order chi connectivity index (χ1) is 16.2. The summed E-state index contributed by atoms with van der Waals surface area (Å²) < 4.78 is 5.18. The number of aromatic carboxylic acids is 1. The molecular weight excluding hydrogens is 490 g/mol. The number of hydrogen-bond acceptors (Lipinski definition) is 5. The van der Waals surface area contributed by atoms with E-state index in [9.17, 15) is 19.5 Å². The molecule has 2 aromatic rings. The Bertz CT molecular complexity index is 1120. The van der Waals surface area contributed by atoms with Crippen LogP contribution < -0.4 is 4.74 Å². The lowest BCUT2D eigenvalue weighted by Crippen LogP contribution is -2.47. The molecule has 1 aromatic carbocycles. The first-order valence-corrected chi connectivity index (χ1v) is 12.7. The van der Waals surface area contributed by atoms with E-state index in [4.69, 9.17) is 21.4 Å². The highest BCUT2D eigenvalue weighted by atomic mass is 35.5. The Kier molecular flexibility index (Phi) is 7.86. The summed E-state index contributed by atoms with van der Waals surface area (Å²) in [4.78, 5) is 37.6. The van der Waals surface area contributed by atoms with Crippen molar-refractivity contribution >= 4 is 40.8 Å². The van der Waals surface area contributed by atoms with Gasteiger partial charge < -0.3 is 19.8 Å². The largest absolute Gasteiger partial charge is 0.479 e. The van der Waals surface area contributed by atoms with Crippen molar-refractivity contribution in [3.8, 4) is 16.2 Å². The summed E-state index contributed by atoms with van der Waals surface area (Å²) in [6, 6.07) is 7.58. The van der Waals surface area contributed by atoms with E-state index in [-0.39, 0.29) is 38.4 Å². The molecule has 1 aromatic heterocycles. The number of rotatable bonds is 8. The quantitative estimate of drug-likeness (QED) is 0.429. The van der Waals surface area contributed by atoms with Gasteiger partial charge in [0.25, 0.3) is 0 Å². The van der Waals surface area contributed by atoms with Crippen LogP contribution in [0.2, 0.25) is 5.02 Å². The van der Waals surface area contributed by atoms with Gasteiger partial charge in [-0.2, -0.15) is 0 Å². The summed E-state index contributed by atoms with van der Waals surface area (Å²) in [5, 5.41) is 18.5. The number of thiophene rings is 1. The number of hydrogen-bond donors (Lipinski definition) is 2. The number of halogens is 1. The third-order valence-electron chi connectivity index (χ3n) is 6.26. The molecule has 1 fully saturated rings. The Morgan fingerprint density at radius 3 is 2.31 bits per heavy atom. The zero-order valence-electron chi connectivity index (χ0n) is 20.7. The van der Waals surface area contributed by atoms with Crippen LogP contribution in [0.3, 0.4) is 0 Å². The molecule has 3 rings (SSSR count). The topological polar surface area (TPSA) is 104 Å². The molecule has 1 aliphatic rings. The molecule has 1 saturated carbocycles. The second-order valence-electron chi connectivity index (χ2n) is 10.8. The van der Waals surface area contributed by atoms with Crippen molar-refractivity contribution in [1.82, 2.24) is 4.90 Å². The molecule has 7 nitrogen and oxygen atoms in total. The van der Waals surface area contributed by atoms with Gasteiger partial charge in [0.2, 0.25) is 5.91 Å². The van der Waals surface area contributed by atoms with Gasteiger partial charge in [0, 0.05) is 19.5 Å². The van der Waals surface area contributed by atoms with Gasteiger partial charge >= 0.3 is 11.9 Å². The Morgan fingerprint density at radius 1 is 1.14 bits per heavy atom. The number of carbonyl (C=O) groups is 3. The molecule has 0 saturated heterocycles. The third-order valence-corrected chi connectivity index (χ3v) is 7.94. The van der Waals surface area contributed by atoms with Crippen molar-refractivity contribution in [3.63, 3.8) is 0 Å². The first-order valence-electron chi connectivity index (χ1n) is 11.5. The molecule has 0 unspecified atom stereocenters. The van der Waals surface area contributed by atoms with Gasteiger partial charge in [-0.05, 0) is 47.3 Å². The van der Waals surface area contributed by atoms with E-state index < -0.39 is 18.5 Å². The van der Waals surface area contributed by atoms with Crippen molar-refractivity contribution in [1.29, 1.82) is 0 Å². The maximum absolute atomic E-state index is 12.7. The Labute approximate surface area is 214 Å². The first kappa shape index (κ1) is 27.0. The molecule has 1 aliphatic carbocycles. The zero-order chi connectivity index (χ0) is 26.1. The number of aliphatic carboxylic acids is 1. The summed E-state index contributed by atoms with van der Waals surface area (Å²) >= 11 is 7.38. The molecule has 35 heavy (non-hydrogen) atoms. The molecule has 9 heteroatoms. The van der Waals surface area contributed by atoms with Crippen LogP contribution in [0.1, 0.15) is 69.1 Å². The highest BCUT2D eigenvalue weighted by molar-refractivity contribution is 7.18. The fourth-order valence-electron chi connectivity index (χ4n) is 5.50. The number of carbonyl (C=O) groups excluding carboxylic acids is 1. The average Bonchev–Trinajstić information content (AvgIpc) is 3.04. The lowest BCUT2D eigenvalue weighted by Gasteiger charge is -2.48. The normalized spacial score (nSPS) is 17.1. The van der Waals surface area contributed by atoms with Crippen LogP contribution in [-0.4, -0.2) is 45.6 Å². The second kappa shape index (κ2) is 10.2. The number of carboxylic acid groups (broad SMARTS) is 2. The molecule has 1 amide bonds. The van der Waals surface area contributed by atoms with Crippen molar-refractivity contribution < 1.29 is 29.3 Å². The summed E-state index contributed by atoms with van der Waals surface area (Å²) in [7, 11) is 0. The van der Waals surface area contributed by atoms with Crippen LogP contribution in [0.25, 0.3) is 10.4 Å². The molecule has 0 atom stereocenters. The molecule has 1 heterocycles. The van der Waals surface area contributed by atoms with E-state index in [1.807, 2.05) is 23.1 Å². The monoisotopic (exact) mass is 521 g/mol. The summed E-state index contributed by atoms with van der Waals surface area (Å²) in [5.41, 5.74) is 1.84. The lowest BCUT2D eigenvalue weighted by molar-refractivity contribution is -0.139. The minimum Gasteiger partial charge on any atom is -0.479 e. The standard InChI is InChI=1S/C26H32ClNO6S/c1-15(29)28(18-10-25(2,3)14-26(4,5)11-18)12-16-7-6-8-17(9-16)22-20(27)21(34-13-19(30)31)23(35-22)24(32)33/h6-9,18H,10-14H2,1-5H3,(H,30,31)(H,32,33). The van der Waals surface area contributed by atoms with E-state index in [1.165, 1.54) is 0 Å². The highest BCUT2D eigenvalue weighted by Crippen LogP contribution is 2.48. The lowest BCUT2D eigenvalue weighted by atomic mass is 9.63. The van der Waals surface area contributed by atoms with Gasteiger partial charge in [-0.15, -0.1) is 11.3 Å².